The molecule has 0 atom stereocenters. The van der Waals surface area contributed by atoms with E-state index in [9.17, 15) is 5.21 Å². The van der Waals surface area contributed by atoms with Gasteiger partial charge < -0.3 is 5.21 Å². The monoisotopic (exact) mass is 140 g/mol. The highest BCUT2D eigenvalue weighted by Gasteiger charge is 2.04. The van der Waals surface area contributed by atoms with Gasteiger partial charge in [0, 0.05) is 6.07 Å². The Morgan fingerprint density at radius 3 is 2.70 bits per heavy atom. The van der Waals surface area contributed by atoms with E-state index < -0.39 is 0 Å². The molecule has 1 aromatic heterocycles. The summed E-state index contributed by atoms with van der Waals surface area (Å²) in [6.07, 6.45) is 2.46. The van der Waals surface area contributed by atoms with E-state index in [2.05, 4.69) is 0 Å². The van der Waals surface area contributed by atoms with Gasteiger partial charge in [-0.25, -0.2) is 0 Å². The topological polar surface area (TPSA) is 31.9 Å². The fourth-order valence-electron chi connectivity index (χ4n) is 1.09. The van der Waals surface area contributed by atoms with Crippen molar-refractivity contribution in [1.82, 2.24) is 4.68 Å². The second-order valence-electron chi connectivity index (χ2n) is 2.18. The number of nitrogens with zero attached hydrogens (tertiary/aromatic N) is 2. The van der Waals surface area contributed by atoms with Crippen molar-refractivity contribution in [3.8, 4) is 0 Å². The lowest BCUT2D eigenvalue weighted by Crippen LogP contribution is -2.36. The third-order valence-corrected chi connectivity index (χ3v) is 1.63. The molecular weight excluding hydrogens is 128 g/mol. The van der Waals surface area contributed by atoms with Crippen molar-refractivity contribution in [2.75, 3.05) is 0 Å². The van der Waals surface area contributed by atoms with E-state index in [1.165, 1.54) is 0 Å². The van der Waals surface area contributed by atoms with E-state index in [4.69, 9.17) is 0 Å². The summed E-state index contributed by atoms with van der Waals surface area (Å²) in [5.74, 6) is 0. The standard InChI is InChI=1S/C7H12N2O/c1-3-7-5-6-9(10)8(7)4-2/h5-6H,3-4H2,1-2H3. The maximum atomic E-state index is 10.9. The van der Waals surface area contributed by atoms with Crippen LogP contribution >= 0.6 is 0 Å². The fourth-order valence-corrected chi connectivity index (χ4v) is 1.09. The minimum absolute atomic E-state index is 0.750. The minimum atomic E-state index is 0.750. The Labute approximate surface area is 60.5 Å². The zero-order valence-corrected chi connectivity index (χ0v) is 6.37. The first-order chi connectivity index (χ1) is 4.79. The third kappa shape index (κ3) is 0.988. The summed E-state index contributed by atoms with van der Waals surface area (Å²) in [5.41, 5.74) is 1.09. The van der Waals surface area contributed by atoms with Crippen LogP contribution in [0.3, 0.4) is 0 Å². The molecule has 1 aromatic rings. The highest BCUT2D eigenvalue weighted by Crippen LogP contribution is 1.96. The van der Waals surface area contributed by atoms with Gasteiger partial charge >= 0.3 is 0 Å². The SMILES string of the molecule is CCc1cc[n+]([O-])n1CC. The molecule has 3 heteroatoms. The van der Waals surface area contributed by atoms with Crippen LogP contribution in [0.4, 0.5) is 0 Å². The predicted molar refractivity (Wildman–Crippen MR) is 38.4 cm³/mol. The predicted octanol–water partition coefficient (Wildman–Crippen LogP) is 0.704. The Bertz CT molecular complexity index is 217. The van der Waals surface area contributed by atoms with Gasteiger partial charge in [0.05, 0.1) is 12.2 Å². The van der Waals surface area contributed by atoms with E-state index >= 15 is 0 Å². The summed E-state index contributed by atoms with van der Waals surface area (Å²) in [4.78, 5) is 0.874. The highest BCUT2D eigenvalue weighted by molar-refractivity contribution is 4.95. The van der Waals surface area contributed by atoms with Crippen molar-refractivity contribution in [1.29, 1.82) is 0 Å². The molecule has 0 saturated carbocycles. The fraction of sp³-hybridized carbons (Fsp3) is 0.571. The van der Waals surface area contributed by atoms with E-state index in [-0.39, 0.29) is 0 Å². The zero-order valence-electron chi connectivity index (χ0n) is 6.37. The number of hydrogen-bond acceptors (Lipinski definition) is 1. The Morgan fingerprint density at radius 1 is 1.60 bits per heavy atom. The number of rotatable bonds is 2. The first-order valence-electron chi connectivity index (χ1n) is 3.57. The lowest BCUT2D eigenvalue weighted by Gasteiger charge is -2.01. The van der Waals surface area contributed by atoms with Gasteiger partial charge in [0.1, 0.15) is 0 Å². The first kappa shape index (κ1) is 7.12. The molecule has 1 rings (SSSR count). The lowest BCUT2D eigenvalue weighted by atomic mass is 10.3. The van der Waals surface area contributed by atoms with Crippen molar-refractivity contribution in [3.63, 3.8) is 0 Å². The average Bonchev–Trinajstić information content (AvgIpc) is 2.30. The van der Waals surface area contributed by atoms with E-state index in [1.807, 2.05) is 19.9 Å². The molecule has 0 fully saturated rings. The molecule has 0 aromatic carbocycles. The quantitative estimate of drug-likeness (QED) is 0.439. The van der Waals surface area contributed by atoms with Gasteiger partial charge in [0.2, 0.25) is 6.20 Å². The van der Waals surface area contributed by atoms with E-state index in [0.717, 1.165) is 23.5 Å². The van der Waals surface area contributed by atoms with Crippen LogP contribution in [-0.2, 0) is 13.0 Å². The van der Waals surface area contributed by atoms with Crippen LogP contribution in [0.5, 0.6) is 0 Å². The molecule has 10 heavy (non-hydrogen) atoms. The van der Waals surface area contributed by atoms with Gasteiger partial charge in [-0.15, -0.1) is 4.68 Å². The van der Waals surface area contributed by atoms with Gasteiger partial charge in [-0.3, -0.25) is 0 Å². The van der Waals surface area contributed by atoms with Crippen LogP contribution in [0.25, 0.3) is 0 Å². The van der Waals surface area contributed by atoms with Crippen molar-refractivity contribution in [2.24, 2.45) is 0 Å². The smallest absolute Gasteiger partial charge is 0.209 e. The minimum Gasteiger partial charge on any atom is -0.596 e. The van der Waals surface area contributed by atoms with Crippen molar-refractivity contribution < 1.29 is 4.85 Å². The Morgan fingerprint density at radius 2 is 2.30 bits per heavy atom. The second kappa shape index (κ2) is 2.73. The largest absolute Gasteiger partial charge is 0.596 e. The molecule has 0 aliphatic rings. The van der Waals surface area contributed by atoms with Crippen LogP contribution in [0.15, 0.2) is 12.3 Å². The van der Waals surface area contributed by atoms with E-state index in [0.29, 0.717) is 0 Å². The molecule has 0 bridgehead atoms. The maximum Gasteiger partial charge on any atom is 0.209 e. The molecule has 0 saturated heterocycles. The average molecular weight is 140 g/mol. The molecule has 56 valence electrons. The summed E-state index contributed by atoms with van der Waals surface area (Å²) >= 11 is 0. The molecule has 0 spiro atoms. The molecule has 0 radical (unpaired) electrons. The lowest BCUT2D eigenvalue weighted by molar-refractivity contribution is -0.694. The molecule has 0 amide bonds. The second-order valence-corrected chi connectivity index (χ2v) is 2.18. The number of aryl methyl sites for hydroxylation is 1. The van der Waals surface area contributed by atoms with Crippen LogP contribution in [0.2, 0.25) is 0 Å². The van der Waals surface area contributed by atoms with Gasteiger partial charge in [-0.1, -0.05) is 11.8 Å². The first-order valence-corrected chi connectivity index (χ1v) is 3.57. The van der Waals surface area contributed by atoms with Gasteiger partial charge in [-0.2, -0.15) is 0 Å². The summed E-state index contributed by atoms with van der Waals surface area (Å²) in [6, 6.07) is 1.86. The number of aromatic nitrogens is 2. The summed E-state index contributed by atoms with van der Waals surface area (Å²) in [6.45, 7) is 4.76. The Hall–Kier alpha value is -0.990. The van der Waals surface area contributed by atoms with Gasteiger partial charge in [-0.05, 0) is 13.3 Å². The zero-order chi connectivity index (χ0) is 7.56. The molecule has 1 heterocycles. The summed E-state index contributed by atoms with van der Waals surface area (Å²) in [7, 11) is 0. The third-order valence-electron chi connectivity index (χ3n) is 1.63. The normalized spacial score (nSPS) is 10.2. The molecule has 0 N–H and O–H groups in total. The summed E-state index contributed by atoms with van der Waals surface area (Å²) < 4.78 is 1.71. The molecule has 0 aliphatic carbocycles. The van der Waals surface area contributed by atoms with E-state index in [1.54, 1.807) is 10.9 Å². The van der Waals surface area contributed by atoms with Crippen LogP contribution in [0.1, 0.15) is 19.5 Å². The molecule has 3 nitrogen and oxygen atoms in total. The Balaban J connectivity index is 3.01. The Kier molecular flexibility index (Phi) is 1.94. The molecular formula is C7H12N2O. The molecule has 0 aliphatic heterocycles. The van der Waals surface area contributed by atoms with Crippen molar-refractivity contribution >= 4 is 0 Å². The summed E-state index contributed by atoms with van der Waals surface area (Å²) in [5, 5.41) is 10.9. The number of hydrogen-bond donors (Lipinski definition) is 0. The van der Waals surface area contributed by atoms with Crippen LogP contribution in [-0.4, -0.2) is 4.68 Å². The van der Waals surface area contributed by atoms with Gasteiger partial charge in [0.15, 0.2) is 0 Å². The van der Waals surface area contributed by atoms with Crippen molar-refractivity contribution in [3.05, 3.63) is 23.2 Å². The maximum absolute atomic E-state index is 10.9. The molecule has 0 unspecified atom stereocenters. The van der Waals surface area contributed by atoms with Crippen LogP contribution < -0.4 is 4.85 Å². The van der Waals surface area contributed by atoms with Gasteiger partial charge in [0.25, 0.3) is 0 Å². The van der Waals surface area contributed by atoms with Crippen molar-refractivity contribution in [2.45, 2.75) is 26.8 Å². The van der Waals surface area contributed by atoms with Crippen LogP contribution in [0, 0.1) is 5.21 Å². The highest BCUT2D eigenvalue weighted by atomic mass is 16.5.